The van der Waals surface area contributed by atoms with Crippen molar-refractivity contribution < 1.29 is 0 Å². The lowest BCUT2D eigenvalue weighted by atomic mass is 9.59. The normalized spacial score (nSPS) is 35.5. The summed E-state index contributed by atoms with van der Waals surface area (Å²) in [6.45, 7) is 4.67. The summed E-state index contributed by atoms with van der Waals surface area (Å²) in [7, 11) is 0. The molecule has 0 radical (unpaired) electrons. The summed E-state index contributed by atoms with van der Waals surface area (Å²) in [5, 5.41) is 4.54. The van der Waals surface area contributed by atoms with Gasteiger partial charge in [0, 0.05) is 17.5 Å². The number of rotatable bonds is 1. The Morgan fingerprint density at radius 2 is 1.89 bits per heavy atom. The monoisotopic (exact) mass is 277 g/mol. The van der Waals surface area contributed by atoms with Crippen LogP contribution in [0.3, 0.4) is 0 Å². The number of nitrogens with one attached hydrogen (secondary N) is 1. The fourth-order valence-corrected chi connectivity index (χ4v) is 4.37. The highest BCUT2D eigenvalue weighted by Crippen LogP contribution is 2.52. The Labute approximate surface area is 121 Å². The molecule has 1 aliphatic heterocycles. The van der Waals surface area contributed by atoms with Gasteiger partial charge in [-0.25, -0.2) is 0 Å². The van der Waals surface area contributed by atoms with Crippen LogP contribution in [0.1, 0.15) is 50.5 Å². The first-order valence-corrected chi connectivity index (χ1v) is 8.04. The van der Waals surface area contributed by atoms with Gasteiger partial charge in [-0.15, -0.1) is 0 Å². The summed E-state index contributed by atoms with van der Waals surface area (Å²) >= 11 is 6.46. The smallest absolute Gasteiger partial charge is 0.0441 e. The van der Waals surface area contributed by atoms with Gasteiger partial charge in [0.1, 0.15) is 0 Å². The Morgan fingerprint density at radius 3 is 2.63 bits per heavy atom. The first-order chi connectivity index (χ1) is 9.21. The zero-order valence-corrected chi connectivity index (χ0v) is 12.5. The molecule has 1 saturated heterocycles. The molecule has 1 saturated carbocycles. The second-order valence-electron chi connectivity index (χ2n) is 6.57. The maximum atomic E-state index is 6.46. The molecule has 1 spiro atoms. The highest BCUT2D eigenvalue weighted by molar-refractivity contribution is 6.31. The van der Waals surface area contributed by atoms with Crippen molar-refractivity contribution in [3.63, 3.8) is 0 Å². The maximum absolute atomic E-state index is 6.46. The fourth-order valence-electron chi connectivity index (χ4n) is 4.11. The van der Waals surface area contributed by atoms with E-state index >= 15 is 0 Å². The van der Waals surface area contributed by atoms with Crippen molar-refractivity contribution in [1.29, 1.82) is 0 Å². The second-order valence-corrected chi connectivity index (χ2v) is 6.98. The van der Waals surface area contributed by atoms with E-state index in [1.165, 1.54) is 44.2 Å². The number of halogens is 1. The summed E-state index contributed by atoms with van der Waals surface area (Å²) in [6.07, 6.45) is 6.86. The summed E-state index contributed by atoms with van der Waals surface area (Å²) in [5.74, 6) is 1.51. The van der Waals surface area contributed by atoms with E-state index in [4.69, 9.17) is 11.6 Å². The molecule has 1 aliphatic carbocycles. The van der Waals surface area contributed by atoms with Gasteiger partial charge in [-0.05, 0) is 48.8 Å². The molecule has 1 unspecified atom stereocenters. The Kier molecular flexibility index (Phi) is 3.86. The predicted octanol–water partition coefficient (Wildman–Crippen LogP) is 4.61. The first kappa shape index (κ1) is 13.5. The summed E-state index contributed by atoms with van der Waals surface area (Å²) < 4.78 is 0. The number of benzene rings is 1. The molecule has 1 heterocycles. The Hall–Kier alpha value is -0.530. The van der Waals surface area contributed by atoms with Gasteiger partial charge in [-0.2, -0.15) is 0 Å². The minimum atomic E-state index is 0.503. The molecule has 1 aromatic carbocycles. The SMILES string of the molecule is CC1CCC2(CCNCC2c2ccccc2Cl)CC1. The van der Waals surface area contributed by atoms with Crippen LogP contribution < -0.4 is 5.32 Å². The van der Waals surface area contributed by atoms with Crippen molar-refractivity contribution in [2.45, 2.75) is 44.9 Å². The molecule has 2 fully saturated rings. The van der Waals surface area contributed by atoms with Crippen LogP contribution in [0.4, 0.5) is 0 Å². The van der Waals surface area contributed by atoms with Crippen LogP contribution in [-0.4, -0.2) is 13.1 Å². The van der Waals surface area contributed by atoms with Gasteiger partial charge >= 0.3 is 0 Å². The molecule has 0 aromatic heterocycles. The number of hydrogen-bond donors (Lipinski definition) is 1. The van der Waals surface area contributed by atoms with Crippen LogP contribution in [-0.2, 0) is 0 Å². The van der Waals surface area contributed by atoms with Crippen molar-refractivity contribution in [2.24, 2.45) is 11.3 Å². The van der Waals surface area contributed by atoms with Gasteiger partial charge in [0.15, 0.2) is 0 Å². The van der Waals surface area contributed by atoms with E-state index in [0.29, 0.717) is 11.3 Å². The van der Waals surface area contributed by atoms with Gasteiger partial charge in [-0.3, -0.25) is 0 Å². The van der Waals surface area contributed by atoms with Crippen LogP contribution in [0, 0.1) is 11.3 Å². The molecular weight excluding hydrogens is 254 g/mol. The van der Waals surface area contributed by atoms with E-state index < -0.39 is 0 Å². The standard InChI is InChI=1S/C17H24ClN/c1-13-6-8-17(9-7-13)10-11-19-12-15(17)14-4-2-3-5-16(14)18/h2-5,13,15,19H,6-12H2,1H3. The number of piperidine rings is 1. The Bertz CT molecular complexity index is 435. The lowest BCUT2D eigenvalue weighted by molar-refractivity contribution is 0.0834. The fraction of sp³-hybridized carbons (Fsp3) is 0.647. The molecule has 1 N–H and O–H groups in total. The predicted molar refractivity (Wildman–Crippen MR) is 81.7 cm³/mol. The third kappa shape index (κ3) is 2.55. The average Bonchev–Trinajstić information content (AvgIpc) is 2.44. The van der Waals surface area contributed by atoms with E-state index in [1.54, 1.807) is 0 Å². The van der Waals surface area contributed by atoms with Crippen LogP contribution in [0.25, 0.3) is 0 Å². The van der Waals surface area contributed by atoms with E-state index in [2.05, 4.69) is 24.4 Å². The van der Waals surface area contributed by atoms with E-state index in [0.717, 1.165) is 17.5 Å². The first-order valence-electron chi connectivity index (χ1n) is 7.66. The second kappa shape index (κ2) is 5.46. The lowest BCUT2D eigenvalue weighted by Gasteiger charge is -2.49. The van der Waals surface area contributed by atoms with E-state index in [9.17, 15) is 0 Å². The molecular formula is C17H24ClN. The van der Waals surface area contributed by atoms with Gasteiger partial charge in [0.25, 0.3) is 0 Å². The molecule has 104 valence electrons. The molecule has 0 amide bonds. The third-order valence-electron chi connectivity index (χ3n) is 5.44. The quantitative estimate of drug-likeness (QED) is 0.790. The minimum absolute atomic E-state index is 0.503. The van der Waals surface area contributed by atoms with Gasteiger partial charge in [0.2, 0.25) is 0 Å². The van der Waals surface area contributed by atoms with Crippen LogP contribution in [0.5, 0.6) is 0 Å². The molecule has 0 bridgehead atoms. The molecule has 19 heavy (non-hydrogen) atoms. The average molecular weight is 278 g/mol. The highest BCUT2D eigenvalue weighted by Gasteiger charge is 2.43. The van der Waals surface area contributed by atoms with Crippen molar-refractivity contribution in [3.05, 3.63) is 34.9 Å². The van der Waals surface area contributed by atoms with Crippen molar-refractivity contribution in [3.8, 4) is 0 Å². The molecule has 2 heteroatoms. The minimum Gasteiger partial charge on any atom is -0.316 e. The van der Waals surface area contributed by atoms with Crippen molar-refractivity contribution in [1.82, 2.24) is 5.32 Å². The largest absolute Gasteiger partial charge is 0.316 e. The molecule has 1 aromatic rings. The zero-order valence-electron chi connectivity index (χ0n) is 11.8. The summed E-state index contributed by atoms with van der Waals surface area (Å²) in [6, 6.07) is 8.46. The molecule has 1 nitrogen and oxygen atoms in total. The number of hydrogen-bond acceptors (Lipinski definition) is 1. The van der Waals surface area contributed by atoms with Crippen LogP contribution in [0.2, 0.25) is 5.02 Å². The third-order valence-corrected chi connectivity index (χ3v) is 5.78. The van der Waals surface area contributed by atoms with Crippen molar-refractivity contribution in [2.75, 3.05) is 13.1 Å². The molecule has 1 atom stereocenters. The maximum Gasteiger partial charge on any atom is 0.0441 e. The van der Waals surface area contributed by atoms with E-state index in [1.807, 2.05) is 12.1 Å². The van der Waals surface area contributed by atoms with Gasteiger partial charge in [0.05, 0.1) is 0 Å². The lowest BCUT2D eigenvalue weighted by Crippen LogP contribution is -2.45. The van der Waals surface area contributed by atoms with Gasteiger partial charge < -0.3 is 5.32 Å². The van der Waals surface area contributed by atoms with E-state index in [-0.39, 0.29) is 0 Å². The highest BCUT2D eigenvalue weighted by atomic mass is 35.5. The van der Waals surface area contributed by atoms with Crippen LogP contribution in [0.15, 0.2) is 24.3 Å². The zero-order chi connectivity index (χ0) is 13.3. The van der Waals surface area contributed by atoms with Crippen LogP contribution >= 0.6 is 11.6 Å². The topological polar surface area (TPSA) is 12.0 Å². The summed E-state index contributed by atoms with van der Waals surface area (Å²) in [4.78, 5) is 0. The van der Waals surface area contributed by atoms with Crippen molar-refractivity contribution >= 4 is 11.6 Å². The van der Waals surface area contributed by atoms with Gasteiger partial charge in [-0.1, -0.05) is 49.6 Å². The molecule has 3 rings (SSSR count). The molecule has 2 aliphatic rings. The summed E-state index contributed by atoms with van der Waals surface area (Å²) in [5.41, 5.74) is 1.87. The Balaban J connectivity index is 1.91. The Morgan fingerprint density at radius 1 is 1.16 bits per heavy atom.